The van der Waals surface area contributed by atoms with Crippen LogP contribution in [-0.4, -0.2) is 62.3 Å². The minimum atomic E-state index is -1.14. The largest absolute Gasteiger partial charge is 0.375 e. The number of nitrogens with zero attached hydrogens (tertiary/aromatic N) is 1. The molecule has 2 aromatic carbocycles. The average Bonchev–Trinajstić information content (AvgIpc) is 2.75. The van der Waals surface area contributed by atoms with Gasteiger partial charge < -0.3 is 19.7 Å². The average molecular weight is 396 g/mol. The van der Waals surface area contributed by atoms with Crippen molar-refractivity contribution in [2.45, 2.75) is 18.9 Å². The van der Waals surface area contributed by atoms with Crippen molar-refractivity contribution in [3.8, 4) is 11.1 Å². The second-order valence-electron chi connectivity index (χ2n) is 7.15. The summed E-state index contributed by atoms with van der Waals surface area (Å²) in [6.07, 6.45) is 0.376. The molecule has 2 aromatic rings. The van der Waals surface area contributed by atoms with Crippen LogP contribution in [0.2, 0.25) is 0 Å². The van der Waals surface area contributed by atoms with Crippen LogP contribution in [0.5, 0.6) is 0 Å². The summed E-state index contributed by atoms with van der Waals surface area (Å²) in [5.41, 5.74) is 2.01. The minimum Gasteiger partial charge on any atom is -0.375 e. The molecular weight excluding hydrogens is 368 g/mol. The topological polar surface area (TPSA) is 67.9 Å². The maximum atomic E-state index is 13.1. The third-order valence-electron chi connectivity index (χ3n) is 5.14. The molecule has 0 aromatic heterocycles. The summed E-state index contributed by atoms with van der Waals surface area (Å²) in [6, 6.07) is 18.1. The molecule has 1 atom stereocenters. The normalized spacial score (nSPS) is 19.0. The fourth-order valence-corrected chi connectivity index (χ4v) is 3.74. The molecule has 1 N–H and O–H groups in total. The molecule has 2 amide bonds. The van der Waals surface area contributed by atoms with Crippen LogP contribution in [0.1, 0.15) is 12.5 Å². The number of nitrogens with one attached hydrogen (secondary N) is 1. The van der Waals surface area contributed by atoms with E-state index in [1.165, 1.54) is 7.11 Å². The van der Waals surface area contributed by atoms with Crippen LogP contribution in [0.3, 0.4) is 0 Å². The highest BCUT2D eigenvalue weighted by atomic mass is 16.5. The third kappa shape index (κ3) is 4.83. The Balaban J connectivity index is 1.95. The van der Waals surface area contributed by atoms with Crippen LogP contribution in [0.25, 0.3) is 11.1 Å². The van der Waals surface area contributed by atoms with Crippen LogP contribution in [0.15, 0.2) is 54.6 Å². The summed E-state index contributed by atoms with van der Waals surface area (Å²) in [5, 5.41) is 2.89. The van der Waals surface area contributed by atoms with Gasteiger partial charge in [-0.15, -0.1) is 0 Å². The van der Waals surface area contributed by atoms with Crippen molar-refractivity contribution in [3.63, 3.8) is 0 Å². The van der Waals surface area contributed by atoms with E-state index in [1.54, 1.807) is 4.90 Å². The summed E-state index contributed by atoms with van der Waals surface area (Å²) >= 11 is 0. The maximum Gasteiger partial charge on any atom is 0.254 e. The van der Waals surface area contributed by atoms with Gasteiger partial charge in [-0.2, -0.15) is 0 Å². The van der Waals surface area contributed by atoms with Gasteiger partial charge in [-0.3, -0.25) is 9.59 Å². The Labute approximate surface area is 171 Å². The van der Waals surface area contributed by atoms with Gasteiger partial charge in [0.15, 0.2) is 5.60 Å². The first kappa shape index (κ1) is 21.0. The molecule has 154 valence electrons. The van der Waals surface area contributed by atoms with E-state index in [4.69, 9.17) is 9.47 Å². The van der Waals surface area contributed by atoms with Crippen LogP contribution in [0.4, 0.5) is 0 Å². The molecule has 0 radical (unpaired) electrons. The Kier molecular flexibility index (Phi) is 7.01. The van der Waals surface area contributed by atoms with Gasteiger partial charge >= 0.3 is 0 Å². The van der Waals surface area contributed by atoms with Gasteiger partial charge in [-0.1, -0.05) is 54.6 Å². The number of morpholine rings is 1. The molecule has 1 aliphatic heterocycles. The van der Waals surface area contributed by atoms with Gasteiger partial charge in [-0.25, -0.2) is 0 Å². The molecule has 0 aliphatic carbocycles. The van der Waals surface area contributed by atoms with Crippen molar-refractivity contribution < 1.29 is 19.1 Å². The Morgan fingerprint density at radius 2 is 1.86 bits per heavy atom. The fourth-order valence-electron chi connectivity index (χ4n) is 3.74. The third-order valence-corrected chi connectivity index (χ3v) is 5.14. The van der Waals surface area contributed by atoms with E-state index in [2.05, 4.69) is 5.32 Å². The van der Waals surface area contributed by atoms with Gasteiger partial charge in [0, 0.05) is 26.6 Å². The Morgan fingerprint density at radius 1 is 1.14 bits per heavy atom. The van der Waals surface area contributed by atoms with Crippen LogP contribution < -0.4 is 5.32 Å². The molecule has 1 fully saturated rings. The lowest BCUT2D eigenvalue weighted by Gasteiger charge is -2.42. The number of hydrogen-bond donors (Lipinski definition) is 1. The number of carbonyl (C=O) groups excluding carboxylic acids is 2. The summed E-state index contributed by atoms with van der Waals surface area (Å²) in [4.78, 5) is 27.2. The second-order valence-corrected chi connectivity index (χ2v) is 7.15. The summed E-state index contributed by atoms with van der Waals surface area (Å²) < 4.78 is 11.1. The lowest BCUT2D eigenvalue weighted by atomic mass is 9.87. The van der Waals surface area contributed by atoms with E-state index in [9.17, 15) is 9.59 Å². The van der Waals surface area contributed by atoms with Gasteiger partial charge in [0.2, 0.25) is 5.91 Å². The van der Waals surface area contributed by atoms with Gasteiger partial charge in [-0.05, 0) is 23.6 Å². The molecular formula is C23H28N2O4. The number of likely N-dealkylation sites (N-methyl/N-ethyl adjacent to an activating group) is 1. The Bertz CT molecular complexity index is 840. The molecule has 3 rings (SSSR count). The van der Waals surface area contributed by atoms with Crippen LogP contribution in [-0.2, 0) is 25.5 Å². The molecule has 6 nitrogen and oxygen atoms in total. The first-order valence-corrected chi connectivity index (χ1v) is 9.92. The summed E-state index contributed by atoms with van der Waals surface area (Å²) in [6.45, 7) is 3.32. The zero-order chi connectivity index (χ0) is 20.7. The number of amides is 2. The Hall–Kier alpha value is -2.70. The second kappa shape index (κ2) is 9.67. The molecule has 1 aliphatic rings. The monoisotopic (exact) mass is 396 g/mol. The van der Waals surface area contributed by atoms with E-state index >= 15 is 0 Å². The van der Waals surface area contributed by atoms with Crippen LogP contribution in [0, 0.1) is 0 Å². The van der Waals surface area contributed by atoms with Gasteiger partial charge in [0.05, 0.1) is 13.2 Å². The number of ether oxygens (including phenoxy) is 2. The molecule has 1 unspecified atom stereocenters. The van der Waals surface area contributed by atoms with Crippen molar-refractivity contribution in [1.82, 2.24) is 10.2 Å². The summed E-state index contributed by atoms with van der Waals surface area (Å²) in [7, 11) is 1.49. The van der Waals surface area contributed by atoms with Gasteiger partial charge in [0.25, 0.3) is 5.91 Å². The zero-order valence-corrected chi connectivity index (χ0v) is 17.0. The molecule has 6 heteroatoms. The maximum absolute atomic E-state index is 13.1. The number of rotatable bonds is 7. The number of carbonyl (C=O) groups is 2. The van der Waals surface area contributed by atoms with E-state index in [0.717, 1.165) is 16.7 Å². The van der Waals surface area contributed by atoms with E-state index in [1.807, 2.05) is 61.5 Å². The molecule has 29 heavy (non-hydrogen) atoms. The van der Waals surface area contributed by atoms with Crippen molar-refractivity contribution in [2.24, 2.45) is 0 Å². The predicted octanol–water partition coefficient (Wildman–Crippen LogP) is 2.28. The standard InChI is InChI=1S/C23H28N2O4/c1-3-24-22(27)23(17-25(13-14-29-23)21(26)16-28-2)15-19-11-7-8-12-20(19)18-9-5-4-6-10-18/h4-12H,3,13-17H2,1-2H3,(H,24,27). The first-order valence-electron chi connectivity index (χ1n) is 9.92. The van der Waals surface area contributed by atoms with Gasteiger partial charge in [0.1, 0.15) is 6.61 Å². The van der Waals surface area contributed by atoms with E-state index in [0.29, 0.717) is 26.1 Å². The molecule has 0 bridgehead atoms. The van der Waals surface area contributed by atoms with E-state index < -0.39 is 5.60 Å². The highest BCUT2D eigenvalue weighted by Gasteiger charge is 2.45. The minimum absolute atomic E-state index is 0.00786. The SMILES string of the molecule is CCNC(=O)C1(Cc2ccccc2-c2ccccc2)CN(C(=O)COC)CCO1. The Morgan fingerprint density at radius 3 is 2.59 bits per heavy atom. The lowest BCUT2D eigenvalue weighted by molar-refractivity contribution is -0.167. The summed E-state index contributed by atoms with van der Waals surface area (Å²) in [5.74, 6) is -0.335. The quantitative estimate of drug-likeness (QED) is 0.780. The zero-order valence-electron chi connectivity index (χ0n) is 17.0. The molecule has 0 spiro atoms. The smallest absolute Gasteiger partial charge is 0.254 e. The van der Waals surface area contributed by atoms with Crippen molar-refractivity contribution in [2.75, 3.05) is 40.0 Å². The molecule has 1 heterocycles. The number of benzene rings is 2. The highest BCUT2D eigenvalue weighted by Crippen LogP contribution is 2.30. The molecule has 1 saturated heterocycles. The van der Waals surface area contributed by atoms with Crippen molar-refractivity contribution in [3.05, 3.63) is 60.2 Å². The van der Waals surface area contributed by atoms with Crippen molar-refractivity contribution >= 4 is 11.8 Å². The fraction of sp³-hybridized carbons (Fsp3) is 0.391. The first-order chi connectivity index (χ1) is 14.1. The number of hydrogen-bond acceptors (Lipinski definition) is 4. The number of methoxy groups -OCH3 is 1. The predicted molar refractivity (Wildman–Crippen MR) is 111 cm³/mol. The molecule has 0 saturated carbocycles. The lowest BCUT2D eigenvalue weighted by Crippen LogP contribution is -2.62. The van der Waals surface area contributed by atoms with E-state index in [-0.39, 0.29) is 25.0 Å². The van der Waals surface area contributed by atoms with Crippen LogP contribution >= 0.6 is 0 Å². The highest BCUT2D eigenvalue weighted by molar-refractivity contribution is 5.88. The van der Waals surface area contributed by atoms with Crippen molar-refractivity contribution in [1.29, 1.82) is 0 Å².